The van der Waals surface area contributed by atoms with E-state index in [1.165, 1.54) is 11.1 Å². The summed E-state index contributed by atoms with van der Waals surface area (Å²) in [6, 6.07) is 8.42. The maximum absolute atomic E-state index is 12.4. The molecule has 136 valence electrons. The molecule has 0 bridgehead atoms. The summed E-state index contributed by atoms with van der Waals surface area (Å²) in [6.07, 6.45) is 11.2. The summed E-state index contributed by atoms with van der Waals surface area (Å²) >= 11 is 0. The molecular formula is C23H28N2O. The van der Waals surface area contributed by atoms with Crippen molar-refractivity contribution in [3.8, 4) is 0 Å². The lowest BCUT2D eigenvalue weighted by Gasteiger charge is -2.10. The third-order valence-corrected chi connectivity index (χ3v) is 5.00. The molecular weight excluding hydrogens is 320 g/mol. The fraction of sp³-hybridized carbons (Fsp3) is 0.391. The number of imidazole rings is 1. The minimum atomic E-state index is 0.273. The van der Waals surface area contributed by atoms with Gasteiger partial charge in [0.1, 0.15) is 11.6 Å². The Labute approximate surface area is 156 Å². The molecule has 0 unspecified atom stereocenters. The first-order chi connectivity index (χ1) is 12.6. The Morgan fingerprint density at radius 3 is 2.62 bits per heavy atom. The summed E-state index contributed by atoms with van der Waals surface area (Å²) in [5, 5.41) is 0. The molecule has 0 atom stereocenters. The summed E-state index contributed by atoms with van der Waals surface area (Å²) in [5.41, 5.74) is 4.81. The topological polar surface area (TPSA) is 34.9 Å². The summed E-state index contributed by atoms with van der Waals surface area (Å²) in [7, 11) is 0. The lowest BCUT2D eigenvalue weighted by molar-refractivity contribution is -0.118. The van der Waals surface area contributed by atoms with E-state index >= 15 is 0 Å². The monoisotopic (exact) mass is 348 g/mol. The lowest BCUT2D eigenvalue weighted by atomic mass is 9.99. The number of carbonyl (C=O) groups is 1. The highest BCUT2D eigenvalue weighted by atomic mass is 16.1. The number of ketones is 1. The molecule has 1 heterocycles. The van der Waals surface area contributed by atoms with Crippen molar-refractivity contribution in [1.29, 1.82) is 0 Å². The minimum absolute atomic E-state index is 0.273. The van der Waals surface area contributed by atoms with Gasteiger partial charge in [-0.1, -0.05) is 56.3 Å². The predicted octanol–water partition coefficient (Wildman–Crippen LogP) is 5.11. The fourth-order valence-corrected chi connectivity index (χ4v) is 3.43. The molecule has 2 aromatic rings. The van der Waals surface area contributed by atoms with Gasteiger partial charge in [0.15, 0.2) is 0 Å². The van der Waals surface area contributed by atoms with Crippen molar-refractivity contribution < 1.29 is 4.79 Å². The summed E-state index contributed by atoms with van der Waals surface area (Å²) in [5.74, 6) is 1.80. The van der Waals surface area contributed by atoms with Crippen molar-refractivity contribution in [1.82, 2.24) is 9.55 Å². The Hall–Kier alpha value is -2.42. The number of allylic oxidation sites excluding steroid dienone is 4. The SMILES string of the molecule is CCn1c(C2=CCC=C2)cnc1CCC(=O)Cc1ccc(C(C)C)cc1. The highest BCUT2D eigenvalue weighted by Crippen LogP contribution is 2.23. The van der Waals surface area contributed by atoms with Crippen molar-refractivity contribution in [3.05, 3.63) is 71.3 Å². The Kier molecular flexibility index (Phi) is 5.87. The van der Waals surface area contributed by atoms with Crippen molar-refractivity contribution in [2.45, 2.75) is 58.9 Å². The fourth-order valence-electron chi connectivity index (χ4n) is 3.43. The number of rotatable bonds is 8. The van der Waals surface area contributed by atoms with E-state index in [0.29, 0.717) is 25.2 Å². The standard InChI is InChI=1S/C23H28N2O/c1-4-25-22(20-7-5-6-8-20)16-24-23(25)14-13-21(26)15-18-9-11-19(12-10-18)17(2)3/h5,7-12,16-17H,4,6,13-15H2,1-3H3. The quantitative estimate of drug-likeness (QED) is 0.664. The van der Waals surface area contributed by atoms with Crippen LogP contribution in [-0.2, 0) is 24.2 Å². The maximum Gasteiger partial charge on any atom is 0.137 e. The molecule has 1 aliphatic rings. The number of aromatic nitrogens is 2. The van der Waals surface area contributed by atoms with E-state index in [9.17, 15) is 4.79 Å². The molecule has 0 N–H and O–H groups in total. The van der Waals surface area contributed by atoms with E-state index in [-0.39, 0.29) is 5.78 Å². The zero-order valence-corrected chi connectivity index (χ0v) is 16.0. The summed E-state index contributed by atoms with van der Waals surface area (Å²) in [4.78, 5) is 17.0. The van der Waals surface area contributed by atoms with E-state index in [4.69, 9.17) is 0 Å². The third kappa shape index (κ3) is 4.21. The smallest absolute Gasteiger partial charge is 0.137 e. The number of Topliss-reactive ketones (excluding diaryl/α,β-unsaturated/α-hetero) is 1. The number of nitrogens with zero attached hydrogens (tertiary/aromatic N) is 2. The van der Waals surface area contributed by atoms with Gasteiger partial charge >= 0.3 is 0 Å². The van der Waals surface area contributed by atoms with Gasteiger partial charge in [0, 0.05) is 25.8 Å². The van der Waals surface area contributed by atoms with Crippen LogP contribution in [0.15, 0.2) is 48.7 Å². The Balaban J connectivity index is 1.60. The van der Waals surface area contributed by atoms with Crippen LogP contribution < -0.4 is 0 Å². The van der Waals surface area contributed by atoms with Gasteiger partial charge in [0.05, 0.1) is 11.9 Å². The second-order valence-corrected chi connectivity index (χ2v) is 7.21. The van der Waals surface area contributed by atoms with Gasteiger partial charge in [-0.15, -0.1) is 0 Å². The molecule has 0 aliphatic heterocycles. The Morgan fingerprint density at radius 2 is 2.00 bits per heavy atom. The maximum atomic E-state index is 12.4. The second-order valence-electron chi connectivity index (χ2n) is 7.21. The van der Waals surface area contributed by atoms with Crippen LogP contribution in [0.2, 0.25) is 0 Å². The Morgan fingerprint density at radius 1 is 1.23 bits per heavy atom. The first-order valence-corrected chi connectivity index (χ1v) is 9.60. The van der Waals surface area contributed by atoms with Gasteiger partial charge < -0.3 is 4.57 Å². The lowest BCUT2D eigenvalue weighted by Crippen LogP contribution is -2.09. The van der Waals surface area contributed by atoms with E-state index in [1.807, 2.05) is 6.20 Å². The normalized spacial score (nSPS) is 13.5. The van der Waals surface area contributed by atoms with Crippen LogP contribution in [0, 0.1) is 0 Å². The number of carbonyl (C=O) groups excluding carboxylic acids is 1. The Bertz CT molecular complexity index is 822. The van der Waals surface area contributed by atoms with Gasteiger partial charge in [-0.25, -0.2) is 4.98 Å². The molecule has 0 fully saturated rings. The van der Waals surface area contributed by atoms with Crippen LogP contribution in [0.3, 0.4) is 0 Å². The molecule has 1 aromatic heterocycles. The van der Waals surface area contributed by atoms with E-state index in [1.54, 1.807) is 0 Å². The van der Waals surface area contributed by atoms with Crippen LogP contribution in [0.25, 0.3) is 5.57 Å². The molecule has 0 amide bonds. The molecule has 26 heavy (non-hydrogen) atoms. The van der Waals surface area contributed by atoms with Gasteiger partial charge in [-0.3, -0.25) is 4.79 Å². The van der Waals surface area contributed by atoms with E-state index in [2.05, 4.69) is 72.8 Å². The molecule has 3 heteroatoms. The molecule has 0 radical (unpaired) electrons. The van der Waals surface area contributed by atoms with Crippen LogP contribution >= 0.6 is 0 Å². The molecule has 3 nitrogen and oxygen atoms in total. The molecule has 0 saturated carbocycles. The molecule has 0 spiro atoms. The van der Waals surface area contributed by atoms with Crippen LogP contribution in [0.4, 0.5) is 0 Å². The van der Waals surface area contributed by atoms with Crippen molar-refractivity contribution >= 4 is 11.4 Å². The molecule has 1 aliphatic carbocycles. The number of benzene rings is 1. The molecule has 3 rings (SSSR count). The largest absolute Gasteiger partial charge is 0.328 e. The van der Waals surface area contributed by atoms with Gasteiger partial charge in [0.25, 0.3) is 0 Å². The average Bonchev–Trinajstić information content (AvgIpc) is 3.29. The number of hydrogen-bond donors (Lipinski definition) is 0. The minimum Gasteiger partial charge on any atom is -0.328 e. The van der Waals surface area contributed by atoms with Gasteiger partial charge in [0.2, 0.25) is 0 Å². The average molecular weight is 348 g/mol. The first-order valence-electron chi connectivity index (χ1n) is 9.60. The predicted molar refractivity (Wildman–Crippen MR) is 107 cm³/mol. The van der Waals surface area contributed by atoms with E-state index < -0.39 is 0 Å². The molecule has 0 saturated heterocycles. The van der Waals surface area contributed by atoms with E-state index in [0.717, 1.165) is 30.0 Å². The summed E-state index contributed by atoms with van der Waals surface area (Å²) in [6.45, 7) is 7.37. The first kappa shape index (κ1) is 18.4. The van der Waals surface area contributed by atoms with Gasteiger partial charge in [-0.2, -0.15) is 0 Å². The van der Waals surface area contributed by atoms with Crippen LogP contribution in [0.5, 0.6) is 0 Å². The highest BCUT2D eigenvalue weighted by molar-refractivity contribution is 5.81. The van der Waals surface area contributed by atoms with Crippen LogP contribution in [-0.4, -0.2) is 15.3 Å². The zero-order valence-electron chi connectivity index (χ0n) is 16.0. The number of hydrogen-bond acceptors (Lipinski definition) is 2. The van der Waals surface area contributed by atoms with Crippen molar-refractivity contribution in [2.24, 2.45) is 0 Å². The zero-order chi connectivity index (χ0) is 18.5. The second kappa shape index (κ2) is 8.31. The number of aryl methyl sites for hydroxylation is 1. The van der Waals surface area contributed by atoms with Crippen molar-refractivity contribution in [3.63, 3.8) is 0 Å². The molecule has 1 aromatic carbocycles. The van der Waals surface area contributed by atoms with Crippen LogP contribution in [0.1, 0.15) is 62.2 Å². The van der Waals surface area contributed by atoms with Crippen molar-refractivity contribution in [2.75, 3.05) is 0 Å². The highest BCUT2D eigenvalue weighted by Gasteiger charge is 2.14. The summed E-state index contributed by atoms with van der Waals surface area (Å²) < 4.78 is 2.23. The van der Waals surface area contributed by atoms with Gasteiger partial charge in [-0.05, 0) is 36.0 Å². The third-order valence-electron chi connectivity index (χ3n) is 5.00.